The fourth-order valence-corrected chi connectivity index (χ4v) is 3.82. The van der Waals surface area contributed by atoms with Crippen LogP contribution >= 0.6 is 0 Å². The summed E-state index contributed by atoms with van der Waals surface area (Å²) in [5, 5.41) is 1.10. The zero-order valence-electron chi connectivity index (χ0n) is 19.1. The summed E-state index contributed by atoms with van der Waals surface area (Å²) in [6, 6.07) is 7.33. The molecular formula is C23H28N4O4S. The predicted octanol–water partition coefficient (Wildman–Crippen LogP) is 3.64. The van der Waals surface area contributed by atoms with Gasteiger partial charge in [-0.15, -0.1) is 0 Å². The van der Waals surface area contributed by atoms with Gasteiger partial charge in [-0.1, -0.05) is 12.1 Å². The number of furan rings is 1. The number of fused-ring (bicyclic) bond motifs is 1. The van der Waals surface area contributed by atoms with Gasteiger partial charge in [-0.2, -0.15) is 12.7 Å². The van der Waals surface area contributed by atoms with E-state index in [1.807, 2.05) is 19.9 Å². The van der Waals surface area contributed by atoms with Crippen LogP contribution in [0.3, 0.4) is 0 Å². The van der Waals surface area contributed by atoms with Gasteiger partial charge in [0, 0.05) is 44.4 Å². The van der Waals surface area contributed by atoms with Gasteiger partial charge in [-0.25, -0.2) is 4.98 Å². The lowest BCUT2D eigenvalue weighted by molar-refractivity contribution is -0.125. The van der Waals surface area contributed by atoms with Gasteiger partial charge in [0.05, 0.1) is 6.54 Å². The van der Waals surface area contributed by atoms with Gasteiger partial charge >= 0.3 is 10.2 Å². The Hall–Kier alpha value is -3.17. The molecule has 0 bridgehead atoms. The largest absolute Gasteiger partial charge is 0.459 e. The molecule has 1 amide bonds. The summed E-state index contributed by atoms with van der Waals surface area (Å²) in [5.74, 6) is 0.779. The van der Waals surface area contributed by atoms with Crippen molar-refractivity contribution in [3.63, 3.8) is 0 Å². The van der Waals surface area contributed by atoms with Crippen LogP contribution in [0, 0.1) is 20.8 Å². The normalized spacial score (nSPS) is 12.1. The summed E-state index contributed by atoms with van der Waals surface area (Å²) in [7, 11) is 0.957. The Morgan fingerprint density at radius 2 is 1.78 bits per heavy atom. The third-order valence-corrected chi connectivity index (χ3v) is 6.69. The number of anilines is 1. The second kappa shape index (κ2) is 9.13. The average molecular weight is 457 g/mol. The summed E-state index contributed by atoms with van der Waals surface area (Å²) >= 11 is 0. The number of carbonyl (C=O) groups is 1. The van der Waals surface area contributed by atoms with E-state index >= 15 is 0 Å². The number of benzene rings is 1. The molecule has 3 aromatic rings. The Kier molecular flexibility index (Phi) is 6.71. The number of aryl methyl sites for hydroxylation is 3. The molecule has 0 atom stereocenters. The number of amides is 1. The first-order chi connectivity index (χ1) is 15.0. The fourth-order valence-electron chi connectivity index (χ4n) is 3.25. The van der Waals surface area contributed by atoms with Crippen LogP contribution in [-0.2, 0) is 21.5 Å². The van der Waals surface area contributed by atoms with E-state index < -0.39 is 10.2 Å². The van der Waals surface area contributed by atoms with Crippen molar-refractivity contribution in [3.8, 4) is 0 Å². The maximum absolute atomic E-state index is 12.6. The van der Waals surface area contributed by atoms with E-state index in [0.717, 1.165) is 37.7 Å². The highest BCUT2D eigenvalue weighted by atomic mass is 32.2. The SMILES string of the molecule is Cc1ccc(C)c2c(C)c(CN(C)C(=O)/C=C/c3ccc(NS(=O)(=O)N(C)C)nc3)oc12. The first-order valence-electron chi connectivity index (χ1n) is 10.1. The van der Waals surface area contributed by atoms with Crippen LogP contribution in [0.5, 0.6) is 0 Å². The molecule has 1 N–H and O–H groups in total. The van der Waals surface area contributed by atoms with Crippen LogP contribution < -0.4 is 4.72 Å². The Balaban J connectivity index is 1.68. The molecule has 9 heteroatoms. The van der Waals surface area contributed by atoms with Crippen molar-refractivity contribution >= 4 is 39.0 Å². The first-order valence-corrected chi connectivity index (χ1v) is 11.5. The molecule has 0 aliphatic rings. The van der Waals surface area contributed by atoms with Crippen molar-refractivity contribution in [1.82, 2.24) is 14.2 Å². The number of pyridine rings is 1. The Labute approximate surface area is 188 Å². The van der Waals surface area contributed by atoms with E-state index in [2.05, 4.69) is 22.7 Å². The molecule has 2 heterocycles. The number of nitrogens with zero attached hydrogens (tertiary/aromatic N) is 3. The number of hydrogen-bond donors (Lipinski definition) is 1. The third-order valence-electron chi connectivity index (χ3n) is 5.26. The van der Waals surface area contributed by atoms with Gasteiger partial charge < -0.3 is 9.32 Å². The highest BCUT2D eigenvalue weighted by molar-refractivity contribution is 7.90. The standard InChI is InChI=1S/C23H28N4O4S/c1-15-7-8-16(2)23-22(15)17(3)19(31-23)14-27(6)21(28)12-10-18-9-11-20(24-13-18)25-32(29,30)26(4)5/h7-13H,14H2,1-6H3,(H,24,25)/b12-10+. The predicted molar refractivity (Wildman–Crippen MR) is 126 cm³/mol. The van der Waals surface area contributed by atoms with Crippen molar-refractivity contribution in [2.45, 2.75) is 27.3 Å². The number of aromatic nitrogens is 1. The van der Waals surface area contributed by atoms with Gasteiger partial charge in [-0.3, -0.25) is 9.52 Å². The molecule has 0 radical (unpaired) electrons. The molecular weight excluding hydrogens is 428 g/mol. The topological polar surface area (TPSA) is 95.8 Å². The third kappa shape index (κ3) is 5.00. The van der Waals surface area contributed by atoms with Crippen LogP contribution in [0.15, 0.2) is 41.0 Å². The molecule has 8 nitrogen and oxygen atoms in total. The Morgan fingerprint density at radius 1 is 1.09 bits per heavy atom. The molecule has 0 unspecified atom stereocenters. The quantitative estimate of drug-likeness (QED) is 0.548. The molecule has 1 aromatic carbocycles. The van der Waals surface area contributed by atoms with Crippen molar-refractivity contribution in [2.24, 2.45) is 0 Å². The van der Waals surface area contributed by atoms with E-state index in [0.29, 0.717) is 12.1 Å². The number of hydrogen-bond acceptors (Lipinski definition) is 5. The summed E-state index contributed by atoms with van der Waals surface area (Å²) in [5.41, 5.74) is 4.80. The number of nitrogens with one attached hydrogen (secondary N) is 1. The molecule has 3 rings (SSSR count). The lowest BCUT2D eigenvalue weighted by atomic mass is 10.0. The van der Waals surface area contributed by atoms with Crippen molar-refractivity contribution < 1.29 is 17.6 Å². The molecule has 0 saturated heterocycles. The van der Waals surface area contributed by atoms with Gasteiger partial charge in [0.15, 0.2) is 0 Å². The molecule has 0 aliphatic heterocycles. The maximum atomic E-state index is 12.6. The molecule has 2 aromatic heterocycles. The molecule has 0 saturated carbocycles. The minimum Gasteiger partial charge on any atom is -0.459 e. The summed E-state index contributed by atoms with van der Waals surface area (Å²) in [4.78, 5) is 18.3. The van der Waals surface area contributed by atoms with E-state index in [4.69, 9.17) is 4.42 Å². The summed E-state index contributed by atoms with van der Waals surface area (Å²) in [6.45, 7) is 6.43. The fraction of sp³-hybridized carbons (Fsp3) is 0.304. The molecule has 0 spiro atoms. The smallest absolute Gasteiger partial charge is 0.302 e. The van der Waals surface area contributed by atoms with Crippen LogP contribution in [-0.4, -0.2) is 49.7 Å². The lowest BCUT2D eigenvalue weighted by Gasteiger charge is -2.14. The van der Waals surface area contributed by atoms with Crippen molar-refractivity contribution in [1.29, 1.82) is 0 Å². The van der Waals surface area contributed by atoms with Crippen LogP contribution in [0.25, 0.3) is 17.0 Å². The first kappa shape index (κ1) is 23.5. The van der Waals surface area contributed by atoms with Crippen LogP contribution in [0.4, 0.5) is 5.82 Å². The second-order valence-corrected chi connectivity index (χ2v) is 9.83. The van der Waals surface area contributed by atoms with Crippen LogP contribution in [0.2, 0.25) is 0 Å². The number of carbonyl (C=O) groups excluding carboxylic acids is 1. The number of rotatable bonds is 7. The monoisotopic (exact) mass is 456 g/mol. The van der Waals surface area contributed by atoms with Gasteiger partial charge in [0.1, 0.15) is 17.2 Å². The zero-order chi connectivity index (χ0) is 23.6. The van der Waals surface area contributed by atoms with E-state index in [9.17, 15) is 13.2 Å². The van der Waals surface area contributed by atoms with E-state index in [1.54, 1.807) is 24.1 Å². The maximum Gasteiger partial charge on any atom is 0.302 e. The summed E-state index contributed by atoms with van der Waals surface area (Å²) in [6.07, 6.45) is 4.58. The highest BCUT2D eigenvalue weighted by Crippen LogP contribution is 2.31. The average Bonchev–Trinajstić information content (AvgIpc) is 3.07. The molecule has 0 fully saturated rings. The van der Waals surface area contributed by atoms with E-state index in [-0.39, 0.29) is 11.7 Å². The molecule has 32 heavy (non-hydrogen) atoms. The highest BCUT2D eigenvalue weighted by Gasteiger charge is 2.17. The van der Waals surface area contributed by atoms with Gasteiger partial charge in [0.2, 0.25) is 5.91 Å². The van der Waals surface area contributed by atoms with Gasteiger partial charge in [-0.05, 0) is 55.7 Å². The van der Waals surface area contributed by atoms with Crippen LogP contribution in [0.1, 0.15) is 28.0 Å². The number of likely N-dealkylation sites (N-methyl/N-ethyl adjacent to an activating group) is 1. The van der Waals surface area contributed by atoms with Crippen molar-refractivity contribution in [2.75, 3.05) is 25.9 Å². The van der Waals surface area contributed by atoms with Gasteiger partial charge in [0.25, 0.3) is 0 Å². The Morgan fingerprint density at radius 3 is 2.38 bits per heavy atom. The molecule has 170 valence electrons. The second-order valence-electron chi connectivity index (χ2n) is 7.95. The van der Waals surface area contributed by atoms with E-state index in [1.165, 1.54) is 32.4 Å². The zero-order valence-corrected chi connectivity index (χ0v) is 19.9. The Bertz CT molecular complexity index is 1280. The minimum atomic E-state index is -3.62. The summed E-state index contributed by atoms with van der Waals surface area (Å²) < 4.78 is 33.2. The molecule has 0 aliphatic carbocycles. The lowest BCUT2D eigenvalue weighted by Crippen LogP contribution is -2.29. The van der Waals surface area contributed by atoms with Crippen molar-refractivity contribution in [3.05, 3.63) is 64.6 Å². The minimum absolute atomic E-state index is 0.185.